The number of anilines is 1. The van der Waals surface area contributed by atoms with E-state index in [0.29, 0.717) is 18.0 Å². The molecule has 0 aromatic carbocycles. The predicted octanol–water partition coefficient (Wildman–Crippen LogP) is 2.55. The van der Waals surface area contributed by atoms with Crippen LogP contribution in [0.1, 0.15) is 42.7 Å². The molecule has 0 radical (unpaired) electrons. The highest BCUT2D eigenvalue weighted by Gasteiger charge is 2.25. The molecule has 0 spiro atoms. The minimum Gasteiger partial charge on any atom is -0.376 e. The van der Waals surface area contributed by atoms with E-state index in [0.717, 1.165) is 49.5 Å². The maximum Gasteiger partial charge on any atom is 0.226 e. The zero-order chi connectivity index (χ0) is 16.4. The van der Waals surface area contributed by atoms with Gasteiger partial charge in [-0.1, -0.05) is 0 Å². The van der Waals surface area contributed by atoms with Crippen LogP contribution in [0.5, 0.6) is 0 Å². The molecular weight excluding hydrogens is 310 g/mol. The maximum atomic E-state index is 12.3. The van der Waals surface area contributed by atoms with Gasteiger partial charge in [0.05, 0.1) is 18.3 Å². The Balaban J connectivity index is 1.57. The Morgan fingerprint density at radius 3 is 3.09 bits per heavy atom. The molecule has 1 fully saturated rings. The van der Waals surface area contributed by atoms with E-state index in [1.807, 2.05) is 0 Å². The van der Waals surface area contributed by atoms with Crippen LogP contribution in [-0.4, -0.2) is 42.6 Å². The fourth-order valence-corrected chi connectivity index (χ4v) is 4.58. The van der Waals surface area contributed by atoms with Crippen molar-refractivity contribution >= 4 is 22.2 Å². The Kier molecular flexibility index (Phi) is 5.00. The zero-order valence-corrected chi connectivity index (χ0v) is 14.5. The van der Waals surface area contributed by atoms with E-state index in [1.165, 1.54) is 4.88 Å². The Morgan fingerprint density at radius 1 is 1.48 bits per heavy atom. The second-order valence-corrected chi connectivity index (χ2v) is 7.56. The lowest BCUT2D eigenvalue weighted by molar-refractivity contribution is -0.117. The Morgan fingerprint density at radius 2 is 2.30 bits per heavy atom. The molecule has 1 aliphatic heterocycles. The van der Waals surface area contributed by atoms with Crippen LogP contribution in [0.25, 0.3) is 0 Å². The van der Waals surface area contributed by atoms with Crippen molar-refractivity contribution in [2.75, 3.05) is 25.0 Å². The number of amides is 1. The lowest BCUT2D eigenvalue weighted by Gasteiger charge is -2.36. The van der Waals surface area contributed by atoms with Crippen molar-refractivity contribution in [1.82, 2.24) is 4.90 Å². The number of hydrogen-bond acceptors (Lipinski definition) is 5. The summed E-state index contributed by atoms with van der Waals surface area (Å²) in [5.41, 5.74) is 1.84. The first-order valence-corrected chi connectivity index (χ1v) is 9.10. The number of morpholine rings is 1. The number of fused-ring (bicyclic) bond motifs is 1. The van der Waals surface area contributed by atoms with Gasteiger partial charge in [-0.25, -0.2) is 0 Å². The normalized spacial score (nSPS) is 24.2. The first-order chi connectivity index (χ1) is 11.1. The number of carbonyl (C=O) groups excluding carboxylic acids is 1. The molecule has 2 heterocycles. The fourth-order valence-electron chi connectivity index (χ4n) is 3.33. The monoisotopic (exact) mass is 333 g/mol. The maximum absolute atomic E-state index is 12.3. The average molecular weight is 333 g/mol. The number of aryl methyl sites for hydroxylation is 1. The Bertz CT molecular complexity index is 635. The highest BCUT2D eigenvalue weighted by atomic mass is 32.1. The molecule has 124 valence electrons. The van der Waals surface area contributed by atoms with E-state index < -0.39 is 0 Å². The molecule has 3 rings (SSSR count). The van der Waals surface area contributed by atoms with E-state index in [-0.39, 0.29) is 12.0 Å². The quantitative estimate of drug-likeness (QED) is 0.919. The van der Waals surface area contributed by atoms with Gasteiger partial charge in [0.25, 0.3) is 0 Å². The zero-order valence-electron chi connectivity index (χ0n) is 13.7. The summed E-state index contributed by atoms with van der Waals surface area (Å²) in [4.78, 5) is 15.8. The second kappa shape index (κ2) is 7.00. The highest BCUT2D eigenvalue weighted by molar-refractivity contribution is 7.16. The first-order valence-electron chi connectivity index (χ1n) is 8.28. The summed E-state index contributed by atoms with van der Waals surface area (Å²) in [5, 5.41) is 13.1. The van der Waals surface area contributed by atoms with Gasteiger partial charge in [-0.3, -0.25) is 9.69 Å². The van der Waals surface area contributed by atoms with Crippen molar-refractivity contribution in [3.05, 3.63) is 16.0 Å². The van der Waals surface area contributed by atoms with Crippen LogP contribution in [-0.2, 0) is 22.4 Å². The molecule has 1 N–H and O–H groups in total. The number of nitrogens with one attached hydrogen (secondary N) is 1. The van der Waals surface area contributed by atoms with Crippen LogP contribution in [0.2, 0.25) is 0 Å². The first kappa shape index (κ1) is 16.4. The number of thiophene rings is 1. The molecular formula is C17H23N3O2S. The van der Waals surface area contributed by atoms with E-state index in [4.69, 9.17) is 4.74 Å². The topological polar surface area (TPSA) is 65.4 Å². The van der Waals surface area contributed by atoms with Gasteiger partial charge >= 0.3 is 0 Å². The van der Waals surface area contributed by atoms with Gasteiger partial charge in [0.1, 0.15) is 11.1 Å². The minimum absolute atomic E-state index is 0.00670. The van der Waals surface area contributed by atoms with Gasteiger partial charge in [-0.2, -0.15) is 5.26 Å². The molecule has 1 aromatic heterocycles. The summed E-state index contributed by atoms with van der Waals surface area (Å²) in [5.74, 6) is -0.00670. The largest absolute Gasteiger partial charge is 0.376 e. The standard InChI is InChI=1S/C17H23N3O2S/c1-11-10-22-12(2)9-20(11)7-6-16(21)19-17-14(8-18)13-4-3-5-15(13)23-17/h11-12H,3-7,9-10H2,1-2H3,(H,19,21)/t11-,12+/m0/s1. The molecule has 0 unspecified atom stereocenters. The molecule has 2 atom stereocenters. The summed E-state index contributed by atoms with van der Waals surface area (Å²) in [6.07, 6.45) is 3.79. The van der Waals surface area contributed by atoms with Crippen LogP contribution in [0.3, 0.4) is 0 Å². The lowest BCUT2D eigenvalue weighted by atomic mass is 10.1. The molecule has 6 heteroatoms. The third-order valence-corrected chi connectivity index (χ3v) is 5.86. The van der Waals surface area contributed by atoms with E-state index in [2.05, 4.69) is 30.1 Å². The van der Waals surface area contributed by atoms with Gasteiger partial charge in [0.15, 0.2) is 0 Å². The van der Waals surface area contributed by atoms with Gasteiger partial charge in [-0.15, -0.1) is 11.3 Å². The number of ether oxygens (including phenoxy) is 1. The summed E-state index contributed by atoms with van der Waals surface area (Å²) in [6.45, 7) is 6.50. The summed E-state index contributed by atoms with van der Waals surface area (Å²) >= 11 is 1.58. The van der Waals surface area contributed by atoms with Gasteiger partial charge in [0, 0.05) is 30.4 Å². The Hall–Kier alpha value is -1.42. The molecule has 1 aromatic rings. The van der Waals surface area contributed by atoms with Crippen LogP contribution < -0.4 is 5.32 Å². The van der Waals surface area contributed by atoms with Gasteiger partial charge in [0.2, 0.25) is 5.91 Å². The highest BCUT2D eigenvalue weighted by Crippen LogP contribution is 2.38. The summed E-state index contributed by atoms with van der Waals surface area (Å²) in [7, 11) is 0. The number of carbonyl (C=O) groups is 1. The molecule has 1 saturated heterocycles. The van der Waals surface area contributed by atoms with E-state index in [9.17, 15) is 10.1 Å². The number of rotatable bonds is 4. The molecule has 1 amide bonds. The molecule has 1 aliphatic carbocycles. The third kappa shape index (κ3) is 3.57. The van der Waals surface area contributed by atoms with Crippen molar-refractivity contribution in [1.29, 1.82) is 5.26 Å². The summed E-state index contributed by atoms with van der Waals surface area (Å²) < 4.78 is 5.61. The van der Waals surface area contributed by atoms with E-state index in [1.54, 1.807) is 11.3 Å². The van der Waals surface area contributed by atoms with Gasteiger partial charge in [-0.05, 0) is 38.7 Å². The smallest absolute Gasteiger partial charge is 0.226 e. The molecule has 0 bridgehead atoms. The van der Waals surface area contributed by atoms with Gasteiger partial charge < -0.3 is 10.1 Å². The molecule has 5 nitrogen and oxygen atoms in total. The SMILES string of the molecule is C[C@@H]1CN(CCC(=O)Nc2sc3c(c2C#N)CCC3)[C@@H](C)CO1. The van der Waals surface area contributed by atoms with Crippen molar-refractivity contribution in [3.8, 4) is 6.07 Å². The number of hydrogen-bond donors (Lipinski definition) is 1. The van der Waals surface area contributed by atoms with Crippen molar-refractivity contribution in [2.45, 2.75) is 51.7 Å². The van der Waals surface area contributed by atoms with Crippen LogP contribution in [0, 0.1) is 11.3 Å². The number of nitrogens with zero attached hydrogens (tertiary/aromatic N) is 2. The van der Waals surface area contributed by atoms with Crippen molar-refractivity contribution < 1.29 is 9.53 Å². The van der Waals surface area contributed by atoms with Crippen molar-refractivity contribution in [3.63, 3.8) is 0 Å². The van der Waals surface area contributed by atoms with E-state index >= 15 is 0 Å². The predicted molar refractivity (Wildman–Crippen MR) is 90.8 cm³/mol. The third-order valence-electron chi connectivity index (χ3n) is 4.65. The molecule has 23 heavy (non-hydrogen) atoms. The van der Waals surface area contributed by atoms with Crippen molar-refractivity contribution in [2.24, 2.45) is 0 Å². The fraction of sp³-hybridized carbons (Fsp3) is 0.647. The Labute approximate surface area is 141 Å². The van der Waals surface area contributed by atoms with Crippen LogP contribution >= 0.6 is 11.3 Å². The lowest BCUT2D eigenvalue weighted by Crippen LogP contribution is -2.48. The molecule has 0 saturated carbocycles. The average Bonchev–Trinajstić information content (AvgIpc) is 3.08. The number of nitriles is 1. The second-order valence-electron chi connectivity index (χ2n) is 6.46. The minimum atomic E-state index is -0.00670. The summed E-state index contributed by atoms with van der Waals surface area (Å²) in [6, 6.07) is 2.61. The van der Waals surface area contributed by atoms with Crippen LogP contribution in [0.4, 0.5) is 5.00 Å². The van der Waals surface area contributed by atoms with Crippen LogP contribution in [0.15, 0.2) is 0 Å². The molecule has 2 aliphatic rings.